The lowest BCUT2D eigenvalue weighted by atomic mass is 10.1. The number of rotatable bonds is 3. The number of hydrogen-bond donors (Lipinski definition) is 0. The van der Waals surface area contributed by atoms with Gasteiger partial charge in [-0.15, -0.1) is 0 Å². The number of anilines is 1. The molecule has 1 fully saturated rings. The Morgan fingerprint density at radius 3 is 2.63 bits per heavy atom. The standard InChI is InChI=1S/C23H25N5O2/c1-4-28-15(2)12-27(13-16(28)3)21-9-8-17-11-18(23(29)30-22(17)25-21)19-14-26-10-6-5-7-20(26)24-19/h5-11,14-16H,4,12-13H2,1-3H3/t15-,16+. The summed E-state index contributed by atoms with van der Waals surface area (Å²) in [6, 6.07) is 12.4. The number of piperazine rings is 1. The molecule has 0 N–H and O–H groups in total. The first-order valence-electron chi connectivity index (χ1n) is 10.4. The van der Waals surface area contributed by atoms with Crippen LogP contribution in [0.15, 0.2) is 58.0 Å². The summed E-state index contributed by atoms with van der Waals surface area (Å²) in [5.74, 6) is 0.848. The molecule has 0 aliphatic carbocycles. The van der Waals surface area contributed by atoms with Gasteiger partial charge in [0.25, 0.3) is 0 Å². The largest absolute Gasteiger partial charge is 0.403 e. The molecular formula is C23H25N5O2. The minimum absolute atomic E-state index is 0.364. The van der Waals surface area contributed by atoms with Crippen LogP contribution in [-0.4, -0.2) is 51.0 Å². The van der Waals surface area contributed by atoms with E-state index in [0.717, 1.165) is 36.5 Å². The highest BCUT2D eigenvalue weighted by Crippen LogP contribution is 2.25. The molecule has 0 amide bonds. The van der Waals surface area contributed by atoms with Crippen molar-refractivity contribution in [1.82, 2.24) is 19.3 Å². The molecule has 0 spiro atoms. The molecule has 4 aromatic rings. The minimum atomic E-state index is -0.423. The van der Waals surface area contributed by atoms with E-state index < -0.39 is 5.63 Å². The van der Waals surface area contributed by atoms with Gasteiger partial charge < -0.3 is 13.7 Å². The molecule has 1 aliphatic heterocycles. The minimum Gasteiger partial charge on any atom is -0.403 e. The fraction of sp³-hybridized carbons (Fsp3) is 0.348. The SMILES string of the molecule is CCN1[C@H](C)CN(c2ccc3cc(-c4cn5ccccc5n4)c(=O)oc3n2)C[C@@H]1C. The molecule has 4 aromatic heterocycles. The molecule has 1 aliphatic rings. The summed E-state index contributed by atoms with van der Waals surface area (Å²) in [5.41, 5.74) is 1.77. The average molecular weight is 403 g/mol. The molecule has 154 valence electrons. The molecule has 30 heavy (non-hydrogen) atoms. The van der Waals surface area contributed by atoms with E-state index in [1.165, 1.54) is 0 Å². The average Bonchev–Trinajstić information content (AvgIpc) is 3.16. The van der Waals surface area contributed by atoms with Crippen LogP contribution in [0.1, 0.15) is 20.8 Å². The third-order valence-electron chi connectivity index (χ3n) is 6.01. The Labute approximate surface area is 174 Å². The van der Waals surface area contributed by atoms with Crippen LogP contribution in [0.5, 0.6) is 0 Å². The third kappa shape index (κ3) is 3.15. The second-order valence-electron chi connectivity index (χ2n) is 8.04. The van der Waals surface area contributed by atoms with Gasteiger partial charge in [0.05, 0.1) is 11.3 Å². The van der Waals surface area contributed by atoms with Crippen LogP contribution in [-0.2, 0) is 0 Å². The zero-order valence-corrected chi connectivity index (χ0v) is 17.4. The first-order valence-corrected chi connectivity index (χ1v) is 10.4. The van der Waals surface area contributed by atoms with E-state index in [4.69, 9.17) is 4.42 Å². The molecule has 0 unspecified atom stereocenters. The third-order valence-corrected chi connectivity index (χ3v) is 6.01. The van der Waals surface area contributed by atoms with Crippen LogP contribution in [0.25, 0.3) is 28.0 Å². The Kier molecular flexibility index (Phi) is 4.55. The zero-order valence-electron chi connectivity index (χ0n) is 17.4. The van der Waals surface area contributed by atoms with Crippen molar-refractivity contribution in [3.63, 3.8) is 0 Å². The van der Waals surface area contributed by atoms with Gasteiger partial charge in [-0.3, -0.25) is 4.90 Å². The quantitative estimate of drug-likeness (QED) is 0.522. The maximum Gasteiger partial charge on any atom is 0.347 e. The Balaban J connectivity index is 1.51. The summed E-state index contributed by atoms with van der Waals surface area (Å²) in [4.78, 5) is 26.7. The van der Waals surface area contributed by atoms with Gasteiger partial charge in [0.15, 0.2) is 0 Å². The molecule has 1 saturated heterocycles. The highest BCUT2D eigenvalue weighted by Gasteiger charge is 2.29. The van der Waals surface area contributed by atoms with Gasteiger partial charge in [-0.1, -0.05) is 13.0 Å². The van der Waals surface area contributed by atoms with Crippen molar-refractivity contribution in [3.05, 3.63) is 59.2 Å². The lowest BCUT2D eigenvalue weighted by Gasteiger charge is -2.44. The topological polar surface area (TPSA) is 66.9 Å². The van der Waals surface area contributed by atoms with Crippen LogP contribution in [0.4, 0.5) is 5.82 Å². The Hall–Kier alpha value is -3.19. The molecule has 5 rings (SSSR count). The summed E-state index contributed by atoms with van der Waals surface area (Å²) >= 11 is 0. The van der Waals surface area contributed by atoms with Gasteiger partial charge in [-0.2, -0.15) is 4.98 Å². The van der Waals surface area contributed by atoms with Crippen molar-refractivity contribution < 1.29 is 4.42 Å². The molecule has 7 heteroatoms. The van der Waals surface area contributed by atoms with E-state index in [2.05, 4.69) is 40.5 Å². The van der Waals surface area contributed by atoms with Crippen LogP contribution in [0.3, 0.4) is 0 Å². The Morgan fingerprint density at radius 2 is 1.90 bits per heavy atom. The number of pyridine rings is 2. The molecule has 0 radical (unpaired) electrons. The highest BCUT2D eigenvalue weighted by molar-refractivity contribution is 5.80. The summed E-state index contributed by atoms with van der Waals surface area (Å²) in [7, 11) is 0. The molecule has 2 atom stereocenters. The lowest BCUT2D eigenvalue weighted by molar-refractivity contribution is 0.139. The van der Waals surface area contributed by atoms with Crippen molar-refractivity contribution >= 4 is 22.6 Å². The van der Waals surface area contributed by atoms with Crippen molar-refractivity contribution in [2.24, 2.45) is 0 Å². The van der Waals surface area contributed by atoms with Gasteiger partial charge >= 0.3 is 5.63 Å². The van der Waals surface area contributed by atoms with E-state index >= 15 is 0 Å². The Morgan fingerprint density at radius 1 is 1.10 bits per heavy atom. The van der Waals surface area contributed by atoms with Gasteiger partial charge in [0, 0.05) is 43.0 Å². The summed E-state index contributed by atoms with van der Waals surface area (Å²) in [6.45, 7) is 9.54. The summed E-state index contributed by atoms with van der Waals surface area (Å²) < 4.78 is 7.51. The van der Waals surface area contributed by atoms with Crippen LogP contribution in [0.2, 0.25) is 0 Å². The summed E-state index contributed by atoms with van der Waals surface area (Å²) in [6.07, 6.45) is 3.74. The monoisotopic (exact) mass is 403 g/mol. The van der Waals surface area contributed by atoms with Crippen LogP contribution >= 0.6 is 0 Å². The van der Waals surface area contributed by atoms with E-state index in [0.29, 0.717) is 29.1 Å². The Bertz CT molecular complexity index is 1230. The van der Waals surface area contributed by atoms with E-state index in [1.807, 2.05) is 53.2 Å². The second-order valence-corrected chi connectivity index (χ2v) is 8.04. The van der Waals surface area contributed by atoms with Gasteiger partial charge in [-0.05, 0) is 50.7 Å². The molecule has 0 bridgehead atoms. The first kappa shape index (κ1) is 18.8. The number of fused-ring (bicyclic) bond motifs is 2. The van der Waals surface area contributed by atoms with Crippen LogP contribution < -0.4 is 10.5 Å². The maximum absolute atomic E-state index is 12.7. The fourth-order valence-electron chi connectivity index (χ4n) is 4.58. The highest BCUT2D eigenvalue weighted by atomic mass is 16.4. The molecule has 0 saturated carbocycles. The molecule has 5 heterocycles. The first-order chi connectivity index (χ1) is 14.5. The molecule has 0 aromatic carbocycles. The smallest absolute Gasteiger partial charge is 0.347 e. The summed E-state index contributed by atoms with van der Waals surface area (Å²) in [5, 5.41) is 0.790. The normalized spacial score (nSPS) is 20.3. The predicted octanol–water partition coefficient (Wildman–Crippen LogP) is 3.42. The van der Waals surface area contributed by atoms with Gasteiger partial charge in [-0.25, -0.2) is 9.78 Å². The van der Waals surface area contributed by atoms with E-state index in [-0.39, 0.29) is 0 Å². The molecule has 7 nitrogen and oxygen atoms in total. The van der Waals surface area contributed by atoms with Crippen molar-refractivity contribution in [1.29, 1.82) is 0 Å². The number of aromatic nitrogens is 3. The zero-order chi connectivity index (χ0) is 20.8. The number of nitrogens with zero attached hydrogens (tertiary/aromatic N) is 5. The van der Waals surface area contributed by atoms with Crippen molar-refractivity contribution in [2.45, 2.75) is 32.9 Å². The van der Waals surface area contributed by atoms with E-state index in [1.54, 1.807) is 0 Å². The van der Waals surface area contributed by atoms with Crippen molar-refractivity contribution in [2.75, 3.05) is 24.5 Å². The number of imidazole rings is 1. The number of likely N-dealkylation sites (N-methyl/N-ethyl adjacent to an activating group) is 1. The number of hydrogen-bond acceptors (Lipinski definition) is 6. The van der Waals surface area contributed by atoms with Gasteiger partial charge in [0.1, 0.15) is 11.5 Å². The predicted molar refractivity (Wildman–Crippen MR) is 118 cm³/mol. The lowest BCUT2D eigenvalue weighted by Crippen LogP contribution is -2.56. The molecular weight excluding hydrogens is 378 g/mol. The van der Waals surface area contributed by atoms with Crippen LogP contribution in [0, 0.1) is 0 Å². The van der Waals surface area contributed by atoms with Gasteiger partial charge in [0.2, 0.25) is 5.71 Å². The van der Waals surface area contributed by atoms with E-state index in [9.17, 15) is 4.79 Å². The maximum atomic E-state index is 12.7. The fourth-order valence-corrected chi connectivity index (χ4v) is 4.58. The van der Waals surface area contributed by atoms with Crippen molar-refractivity contribution in [3.8, 4) is 11.3 Å². The second kappa shape index (κ2) is 7.25.